The van der Waals surface area contributed by atoms with Crippen molar-refractivity contribution in [2.24, 2.45) is 0 Å². The maximum atomic E-state index is 13.5. The van der Waals surface area contributed by atoms with Crippen LogP contribution in [0.25, 0.3) is 10.4 Å². The van der Waals surface area contributed by atoms with Crippen molar-refractivity contribution in [3.63, 3.8) is 0 Å². The number of nitrogens with one attached hydrogen (secondary N) is 1. The quantitative estimate of drug-likeness (QED) is 0.524. The number of halogens is 1. The predicted octanol–water partition coefficient (Wildman–Crippen LogP) is 1.76. The Morgan fingerprint density at radius 1 is 1.11 bits per heavy atom. The van der Waals surface area contributed by atoms with E-state index in [0.717, 1.165) is 39.0 Å². The second kappa shape index (κ2) is 10.6. The van der Waals surface area contributed by atoms with Crippen LogP contribution in [0.5, 0.6) is 0 Å². The molecule has 1 aromatic heterocycles. The van der Waals surface area contributed by atoms with Crippen LogP contribution in [0.4, 0.5) is 4.39 Å². The van der Waals surface area contributed by atoms with Crippen molar-refractivity contribution in [3.05, 3.63) is 42.2 Å². The zero-order chi connectivity index (χ0) is 25.2. The van der Waals surface area contributed by atoms with Gasteiger partial charge in [0.15, 0.2) is 6.29 Å². The number of amides is 1. The average Bonchev–Trinajstić information content (AvgIpc) is 3.34. The van der Waals surface area contributed by atoms with Crippen LogP contribution in [0.3, 0.4) is 0 Å². The van der Waals surface area contributed by atoms with Crippen LogP contribution in [-0.4, -0.2) is 76.2 Å². The molecule has 1 N–H and O–H groups in total. The number of benzene rings is 1. The number of hydrogen-bond acceptors (Lipinski definition) is 8. The lowest BCUT2D eigenvalue weighted by Gasteiger charge is -2.38. The van der Waals surface area contributed by atoms with E-state index in [-0.39, 0.29) is 23.8 Å². The Kier molecular flexibility index (Phi) is 7.90. The van der Waals surface area contributed by atoms with Crippen LogP contribution in [-0.2, 0) is 34.4 Å². The van der Waals surface area contributed by atoms with Gasteiger partial charge >= 0.3 is 0 Å². The summed E-state index contributed by atoms with van der Waals surface area (Å²) >= 11 is 0.982. The van der Waals surface area contributed by atoms with E-state index in [1.807, 2.05) is 0 Å². The first kappa shape index (κ1) is 26.1. The molecule has 1 unspecified atom stereocenters. The fourth-order valence-corrected chi connectivity index (χ4v) is 7.72. The second-order valence-electron chi connectivity index (χ2n) is 8.26. The van der Waals surface area contributed by atoms with Crippen LogP contribution in [0.1, 0.15) is 19.3 Å². The Hall–Kier alpha value is -1.94. The van der Waals surface area contributed by atoms with E-state index in [1.54, 1.807) is 18.2 Å². The van der Waals surface area contributed by atoms with Gasteiger partial charge in [0, 0.05) is 37.5 Å². The van der Waals surface area contributed by atoms with Crippen LogP contribution >= 0.6 is 11.3 Å². The number of carbonyl (C=O) groups is 1. The summed E-state index contributed by atoms with van der Waals surface area (Å²) in [6.07, 6.45) is 2.67. The molecule has 192 valence electrons. The zero-order valence-electron chi connectivity index (χ0n) is 18.9. The third kappa shape index (κ3) is 6.07. The standard InChI is InChI=1S/C21H26FN3O7S3/c1-34(27,28)24-11-12-25(17(14-24)21(26)23-32-19-4-2-3-13-31-19)35(29,30)20-10-9-18(33-20)15-5-7-16(22)8-6-15/h5-10,17,19H,2-4,11-14H2,1H3,(H,23,26)/t17-,19?/m1/s1. The van der Waals surface area contributed by atoms with Crippen LogP contribution in [0.15, 0.2) is 40.6 Å². The number of sulfonamides is 2. The van der Waals surface area contributed by atoms with Crippen molar-refractivity contribution in [3.8, 4) is 10.4 Å². The summed E-state index contributed by atoms with van der Waals surface area (Å²) in [5.41, 5.74) is 2.91. The maximum absolute atomic E-state index is 13.5. The number of nitrogens with zero attached hydrogens (tertiary/aromatic N) is 2. The van der Waals surface area contributed by atoms with Crippen molar-refractivity contribution in [1.82, 2.24) is 14.1 Å². The number of ether oxygens (including phenoxy) is 1. The highest BCUT2D eigenvalue weighted by Gasteiger charge is 2.43. The first-order valence-corrected chi connectivity index (χ1v) is 15.1. The van der Waals surface area contributed by atoms with Gasteiger partial charge in [-0.1, -0.05) is 12.1 Å². The molecule has 0 bridgehead atoms. The summed E-state index contributed by atoms with van der Waals surface area (Å²) in [5, 5.41) is 0. The van der Waals surface area contributed by atoms with Crippen LogP contribution in [0, 0.1) is 5.82 Å². The summed E-state index contributed by atoms with van der Waals surface area (Å²) < 4.78 is 72.0. The molecule has 2 atom stereocenters. The van der Waals surface area contributed by atoms with Gasteiger partial charge in [-0.25, -0.2) is 31.5 Å². The van der Waals surface area contributed by atoms with Gasteiger partial charge < -0.3 is 4.74 Å². The number of thiophene rings is 1. The number of hydrogen-bond donors (Lipinski definition) is 1. The minimum Gasteiger partial charge on any atom is -0.350 e. The van der Waals surface area contributed by atoms with Gasteiger partial charge in [0.05, 0.1) is 6.26 Å². The van der Waals surface area contributed by atoms with E-state index in [0.29, 0.717) is 23.5 Å². The van der Waals surface area contributed by atoms with Crippen molar-refractivity contribution < 1.29 is 35.6 Å². The van der Waals surface area contributed by atoms with Gasteiger partial charge in [-0.15, -0.1) is 11.3 Å². The Labute approximate surface area is 207 Å². The first-order valence-electron chi connectivity index (χ1n) is 11.0. The Morgan fingerprint density at radius 3 is 2.51 bits per heavy atom. The smallest absolute Gasteiger partial charge is 0.263 e. The minimum atomic E-state index is -4.15. The zero-order valence-corrected chi connectivity index (χ0v) is 21.4. The van der Waals surface area contributed by atoms with Crippen molar-refractivity contribution in [2.45, 2.75) is 35.8 Å². The fourth-order valence-electron chi connectivity index (χ4n) is 3.88. The molecule has 0 radical (unpaired) electrons. The highest BCUT2D eigenvalue weighted by molar-refractivity contribution is 7.91. The van der Waals surface area contributed by atoms with Crippen molar-refractivity contribution in [1.29, 1.82) is 0 Å². The fraction of sp³-hybridized carbons (Fsp3) is 0.476. The largest absolute Gasteiger partial charge is 0.350 e. The molecule has 14 heteroatoms. The van der Waals surface area contributed by atoms with Crippen molar-refractivity contribution >= 4 is 37.3 Å². The molecule has 0 aliphatic carbocycles. The maximum Gasteiger partial charge on any atom is 0.263 e. The third-order valence-electron chi connectivity index (χ3n) is 5.77. The summed E-state index contributed by atoms with van der Waals surface area (Å²) in [5.74, 6) is -1.19. The number of carbonyl (C=O) groups excluding carboxylic acids is 1. The van der Waals surface area contributed by atoms with E-state index in [9.17, 15) is 26.0 Å². The molecule has 4 rings (SSSR count). The van der Waals surface area contributed by atoms with Gasteiger partial charge in [-0.3, -0.25) is 4.79 Å². The first-order chi connectivity index (χ1) is 16.6. The Balaban J connectivity index is 1.57. The number of rotatable bonds is 7. The molecule has 2 aliphatic rings. The van der Waals surface area contributed by atoms with Gasteiger partial charge in [0.1, 0.15) is 16.1 Å². The molecule has 1 amide bonds. The highest BCUT2D eigenvalue weighted by atomic mass is 32.2. The Bertz CT molecular complexity index is 1260. The van der Waals surface area contributed by atoms with E-state index in [4.69, 9.17) is 9.57 Å². The molecular formula is C21H26FN3O7S3. The lowest BCUT2D eigenvalue weighted by Crippen LogP contribution is -2.61. The van der Waals surface area contributed by atoms with Crippen LogP contribution in [0.2, 0.25) is 0 Å². The molecule has 1 aromatic carbocycles. The Morgan fingerprint density at radius 2 is 1.86 bits per heavy atom. The molecule has 35 heavy (non-hydrogen) atoms. The highest BCUT2D eigenvalue weighted by Crippen LogP contribution is 2.34. The van der Waals surface area contributed by atoms with E-state index >= 15 is 0 Å². The van der Waals surface area contributed by atoms with Crippen molar-refractivity contribution in [2.75, 3.05) is 32.5 Å². The van der Waals surface area contributed by atoms with Gasteiger partial charge in [0.2, 0.25) is 10.0 Å². The minimum absolute atomic E-state index is 0.0148. The molecule has 2 fully saturated rings. The molecule has 2 aliphatic heterocycles. The van der Waals surface area contributed by atoms with E-state index < -0.39 is 44.1 Å². The molecule has 2 aromatic rings. The second-order valence-corrected chi connectivity index (χ2v) is 13.4. The van der Waals surface area contributed by atoms with Gasteiger partial charge in [-0.05, 0) is 42.7 Å². The summed E-state index contributed by atoms with van der Waals surface area (Å²) in [6, 6.07) is 7.34. The van der Waals surface area contributed by atoms with Gasteiger partial charge in [0.25, 0.3) is 15.9 Å². The third-order valence-corrected chi connectivity index (χ3v) is 10.5. The molecule has 0 spiro atoms. The SMILES string of the molecule is CS(=O)(=O)N1CCN(S(=O)(=O)c2ccc(-c3ccc(F)cc3)s2)[C@@H](C(=O)NOC2CCCCO2)C1. The molecule has 0 saturated carbocycles. The van der Waals surface area contributed by atoms with E-state index in [1.165, 1.54) is 18.2 Å². The topological polar surface area (TPSA) is 122 Å². The number of piperazine rings is 1. The van der Waals surface area contributed by atoms with Gasteiger partial charge in [-0.2, -0.15) is 8.61 Å². The lowest BCUT2D eigenvalue weighted by atomic mass is 10.2. The monoisotopic (exact) mass is 547 g/mol. The summed E-state index contributed by atoms with van der Waals surface area (Å²) in [6.45, 7) is -0.169. The number of hydroxylamine groups is 1. The average molecular weight is 548 g/mol. The molecular weight excluding hydrogens is 521 g/mol. The van der Waals surface area contributed by atoms with E-state index in [2.05, 4.69) is 5.48 Å². The normalized spacial score (nSPS) is 22.7. The molecule has 2 saturated heterocycles. The summed E-state index contributed by atoms with van der Waals surface area (Å²) in [4.78, 5) is 18.9. The molecule has 10 nitrogen and oxygen atoms in total. The van der Waals surface area contributed by atoms with Crippen LogP contribution < -0.4 is 5.48 Å². The lowest BCUT2D eigenvalue weighted by molar-refractivity contribution is -0.202. The summed E-state index contributed by atoms with van der Waals surface area (Å²) in [7, 11) is -7.81. The predicted molar refractivity (Wildman–Crippen MR) is 127 cm³/mol. The molecule has 3 heterocycles.